The topological polar surface area (TPSA) is 277 Å². The Balaban J connectivity index is 2.13. The summed E-state index contributed by atoms with van der Waals surface area (Å²) in [7, 11) is -16.0. The number of rotatable bonds is 16. The molecule has 20 heteroatoms. The van der Waals surface area contributed by atoms with Gasteiger partial charge >= 0.3 is 7.82 Å². The van der Waals surface area contributed by atoms with Crippen molar-refractivity contribution < 1.29 is 72.7 Å². The van der Waals surface area contributed by atoms with Gasteiger partial charge in [-0.2, -0.15) is 11.8 Å². The molecule has 0 aromatic heterocycles. The normalized spacial score (nSPS) is 14.0. The summed E-state index contributed by atoms with van der Waals surface area (Å²) in [6, 6.07) is 5.60. The number of benzene rings is 2. The number of amides is 1. The van der Waals surface area contributed by atoms with Gasteiger partial charge in [-0.3, -0.25) is 4.79 Å². The van der Waals surface area contributed by atoms with Gasteiger partial charge in [-0.1, -0.05) is 50.3 Å². The number of phosphoric acid groups is 3. The predicted octanol–water partition coefficient (Wildman–Crippen LogP) is 2.06. The highest BCUT2D eigenvalue weighted by atomic mass is 31.2. The van der Waals surface area contributed by atoms with Crippen LogP contribution in [0.1, 0.15) is 63.7 Å². The number of fused-ring (bicyclic) bond motifs is 2. The molecule has 48 heavy (non-hydrogen) atoms. The lowest BCUT2D eigenvalue weighted by atomic mass is 10.1. The van der Waals surface area contributed by atoms with Gasteiger partial charge in [0.05, 0.1) is 16.9 Å². The first-order valence-corrected chi connectivity index (χ1v) is 18.7. The van der Waals surface area contributed by atoms with Gasteiger partial charge in [-0.25, -0.2) is 4.57 Å². The summed E-state index contributed by atoms with van der Waals surface area (Å²) in [5, 5.41) is 2.74. The van der Waals surface area contributed by atoms with Crippen molar-refractivity contribution in [1.82, 2.24) is 0 Å². The number of hydrogen-bond acceptors (Lipinski definition) is 14. The Morgan fingerprint density at radius 1 is 0.812 bits per heavy atom. The van der Waals surface area contributed by atoms with Crippen LogP contribution < -0.4 is 55.2 Å². The number of nitrogens with one attached hydrogen (secondary N) is 1. The van der Waals surface area contributed by atoms with Crippen LogP contribution in [0.2, 0.25) is 0 Å². The lowest BCUT2D eigenvalue weighted by molar-refractivity contribution is -0.682. The van der Waals surface area contributed by atoms with Gasteiger partial charge in [0.1, 0.15) is 27.1 Å². The molecule has 0 saturated carbocycles. The Kier molecular flexibility index (Phi) is 13.4. The first-order valence-electron chi connectivity index (χ1n) is 14.3. The van der Waals surface area contributed by atoms with Gasteiger partial charge in [0, 0.05) is 18.7 Å². The molecule has 264 valence electrons. The zero-order chi connectivity index (χ0) is 35.9. The number of carbonyl (C=O) groups is 1. The van der Waals surface area contributed by atoms with E-state index in [-0.39, 0.29) is 34.9 Å². The van der Waals surface area contributed by atoms with Crippen LogP contribution in [0.15, 0.2) is 65.3 Å². The molecule has 0 unspecified atom stereocenters. The Bertz CT molecular complexity index is 1740. The van der Waals surface area contributed by atoms with Crippen LogP contribution >= 0.6 is 23.5 Å². The van der Waals surface area contributed by atoms with E-state index >= 15 is 0 Å². The summed E-state index contributed by atoms with van der Waals surface area (Å²) < 4.78 is 59.4. The summed E-state index contributed by atoms with van der Waals surface area (Å²) in [6.45, 7) is 7.80. The molecule has 0 atom stereocenters. The number of para-hydroxylation sites is 1. The zero-order valence-corrected chi connectivity index (χ0v) is 29.3. The molecule has 1 aliphatic heterocycles. The van der Waals surface area contributed by atoms with Crippen molar-refractivity contribution in [2.24, 2.45) is 0 Å². The van der Waals surface area contributed by atoms with Crippen LogP contribution in [0.5, 0.6) is 17.2 Å². The second-order valence-electron chi connectivity index (χ2n) is 10.9. The van der Waals surface area contributed by atoms with Crippen LogP contribution in [-0.4, -0.2) is 12.5 Å². The fraction of sp³-hybridized carbons (Fsp3) is 0.321. The van der Waals surface area contributed by atoms with E-state index in [4.69, 9.17) is 4.52 Å². The van der Waals surface area contributed by atoms with E-state index in [0.717, 1.165) is 29.4 Å². The Labute approximate surface area is 277 Å². The van der Waals surface area contributed by atoms with Gasteiger partial charge in [-0.15, -0.1) is 0 Å². The molecule has 2 aromatic carbocycles. The molecular weight excluding hydrogens is 693 g/mol. The fourth-order valence-electron chi connectivity index (χ4n) is 4.56. The van der Waals surface area contributed by atoms with Crippen molar-refractivity contribution in [3.8, 4) is 17.2 Å². The number of quaternary nitrogens is 2. The fourth-order valence-corrected chi connectivity index (χ4v) is 5.88. The summed E-state index contributed by atoms with van der Waals surface area (Å²) >= 11 is 0. The van der Waals surface area contributed by atoms with Crippen molar-refractivity contribution in [3.63, 3.8) is 0 Å². The van der Waals surface area contributed by atoms with Crippen molar-refractivity contribution >= 4 is 46.4 Å². The predicted molar refractivity (Wildman–Crippen MR) is 166 cm³/mol. The Hall–Kier alpha value is -3.30. The molecule has 2 aromatic rings. The first kappa shape index (κ1) is 39.1. The number of hydrogen-bond donors (Lipinski definition) is 3. The molecule has 0 fully saturated rings. The highest BCUT2D eigenvalue weighted by Crippen LogP contribution is 2.53. The minimum Gasteiger partial charge on any atom is -0.780 e. The van der Waals surface area contributed by atoms with Crippen LogP contribution in [0.4, 0.5) is 17.1 Å². The molecular formula is C28H37N4O13P3-2. The number of carbonyl (C=O) groups excluding carboxylic acids is 1. The third kappa shape index (κ3) is 11.4. The molecule has 1 amide bonds. The van der Waals surface area contributed by atoms with E-state index in [1.54, 1.807) is 6.08 Å². The molecule has 1 heterocycles. The second kappa shape index (κ2) is 16.4. The maximum atomic E-state index is 14.1. The maximum Gasteiger partial charge on any atom is 0.624 e. The standard InChI is InChI=1S/C28H39N4O13P3/c1-18(2)8-5-9-19(3)10-6-11-20(4)14-15-32-23-16-21(41-46(34,35)36)17-25(42-47(37,38)39)27(23)31-26-22(28(32)33)12-7-13-24(26)43-48(40,44-29)45-30/h7-8,10,12-14,16-17H,5-6,9,11,15H2,1-4,29-30H3,(H3-2,31,33,34,35,36,37,38,39)/p-2/b19-10+,20-14+. The van der Waals surface area contributed by atoms with E-state index in [9.17, 15) is 38.1 Å². The molecule has 0 radical (unpaired) electrons. The van der Waals surface area contributed by atoms with Gasteiger partial charge in [0.2, 0.25) is 0 Å². The van der Waals surface area contributed by atoms with Crippen LogP contribution in [0.3, 0.4) is 0 Å². The highest BCUT2D eigenvalue weighted by molar-refractivity contribution is 7.48. The smallest absolute Gasteiger partial charge is 0.624 e. The minimum absolute atomic E-state index is 0.122. The van der Waals surface area contributed by atoms with Gasteiger partial charge in [-0.05, 0) is 65.5 Å². The maximum absolute atomic E-state index is 14.1. The third-order valence-electron chi connectivity index (χ3n) is 6.80. The van der Waals surface area contributed by atoms with Crippen molar-refractivity contribution in [2.75, 3.05) is 16.8 Å². The van der Waals surface area contributed by atoms with Crippen molar-refractivity contribution in [2.45, 2.75) is 53.4 Å². The van der Waals surface area contributed by atoms with Crippen LogP contribution in [-0.2, 0) is 22.9 Å². The minimum atomic E-state index is -5.84. The average molecular weight is 731 g/mol. The summed E-state index contributed by atoms with van der Waals surface area (Å²) in [5.74, 6) is 3.41. The largest absolute Gasteiger partial charge is 0.780 e. The second-order valence-corrected chi connectivity index (χ2v) is 14.6. The van der Waals surface area contributed by atoms with Gasteiger partial charge in [0.15, 0.2) is 11.5 Å². The number of nitrogens with zero attached hydrogens (tertiary/aromatic N) is 1. The monoisotopic (exact) mass is 730 g/mol. The van der Waals surface area contributed by atoms with E-state index in [1.165, 1.54) is 29.3 Å². The number of phosphoric ester groups is 2. The van der Waals surface area contributed by atoms with Crippen molar-refractivity contribution in [3.05, 3.63) is 70.8 Å². The summed E-state index contributed by atoms with van der Waals surface area (Å²) in [5.41, 5.74) is 2.40. The number of anilines is 3. The molecule has 0 spiro atoms. The summed E-state index contributed by atoms with van der Waals surface area (Å²) in [4.78, 5) is 61.7. The molecule has 17 nitrogen and oxygen atoms in total. The summed E-state index contributed by atoms with van der Waals surface area (Å²) in [6.07, 6.45) is 9.17. The van der Waals surface area contributed by atoms with E-state index in [1.807, 2.05) is 27.7 Å². The molecule has 7 N–H and O–H groups in total. The first-order chi connectivity index (χ1) is 22.3. The lowest BCUT2D eigenvalue weighted by Crippen LogP contribution is -2.54. The van der Waals surface area contributed by atoms with Crippen molar-refractivity contribution in [1.29, 1.82) is 0 Å². The number of allylic oxidation sites excluding steroid dienone is 5. The van der Waals surface area contributed by atoms with E-state index in [2.05, 4.69) is 47.6 Å². The molecule has 3 rings (SSSR count). The Morgan fingerprint density at radius 3 is 2.00 bits per heavy atom. The molecule has 0 aliphatic carbocycles. The van der Waals surface area contributed by atoms with Gasteiger partial charge in [0.25, 0.3) is 5.91 Å². The Morgan fingerprint density at radius 2 is 1.42 bits per heavy atom. The molecule has 0 bridgehead atoms. The highest BCUT2D eigenvalue weighted by Gasteiger charge is 2.37. The SMILES string of the molecule is CC(C)=CCC/C(C)=C/CC/C(C)=C/CN1C(=O)c2cccc(OP(=O)(O[NH3+])O[NH3+])c2Nc2c(OP(=O)([O-])[O-])cc(OP(=O)([O-])[O-])cc21. The lowest BCUT2D eigenvalue weighted by Gasteiger charge is -2.33. The third-order valence-corrected chi connectivity index (χ3v) is 8.70. The van der Waals surface area contributed by atoms with E-state index in [0.29, 0.717) is 18.9 Å². The van der Waals surface area contributed by atoms with Gasteiger partial charge < -0.3 is 52.5 Å². The van der Waals surface area contributed by atoms with Crippen LogP contribution in [0.25, 0.3) is 0 Å². The molecule has 1 aliphatic rings. The quantitative estimate of drug-likeness (QED) is 0.127. The average Bonchev–Trinajstić information content (AvgIpc) is 3.09. The van der Waals surface area contributed by atoms with Crippen LogP contribution in [0, 0.1) is 0 Å². The molecule has 0 saturated heterocycles. The zero-order valence-electron chi connectivity index (χ0n) is 26.7. The van der Waals surface area contributed by atoms with E-state index < -0.39 is 40.9 Å².